The van der Waals surface area contributed by atoms with E-state index in [-0.39, 0.29) is 11.9 Å². The highest BCUT2D eigenvalue weighted by Gasteiger charge is 2.42. The van der Waals surface area contributed by atoms with Crippen LogP contribution in [-0.2, 0) is 0 Å². The molecular weight excluding hydrogens is 262 g/mol. The maximum atomic E-state index is 9.95. The van der Waals surface area contributed by atoms with Gasteiger partial charge in [-0.2, -0.15) is 0 Å². The number of fused-ring (bicyclic) bond motifs is 1. The number of nitrogens with two attached hydrogens (primary N) is 1. The molecule has 1 saturated heterocycles. The molecule has 3 rings (SSSR count). The van der Waals surface area contributed by atoms with Crippen LogP contribution in [-0.4, -0.2) is 30.1 Å². The van der Waals surface area contributed by atoms with E-state index in [1.807, 2.05) is 12.1 Å². The monoisotopic (exact) mass is 279 g/mol. The number of rotatable bonds is 2. The fraction of sp³-hybridized carbons (Fsp3) is 0.500. The molecule has 0 spiro atoms. The largest absolute Gasteiger partial charge is 0.393 e. The van der Waals surface area contributed by atoms with Crippen LogP contribution in [0.1, 0.15) is 18.4 Å². The molecule has 4 N–H and O–H groups in total. The number of nitrogen functional groups attached to an aromatic ring is 1. The highest BCUT2D eigenvalue weighted by molar-refractivity contribution is 6.33. The molecular formula is C14H18ClN3O. The van der Waals surface area contributed by atoms with Crippen LogP contribution in [0.2, 0.25) is 5.02 Å². The second-order valence-electron chi connectivity index (χ2n) is 5.55. The summed E-state index contributed by atoms with van der Waals surface area (Å²) < 4.78 is 0. The van der Waals surface area contributed by atoms with Crippen LogP contribution in [0.4, 0.5) is 5.69 Å². The number of hydrogen-bond acceptors (Lipinski definition) is 3. The van der Waals surface area contributed by atoms with E-state index in [4.69, 9.17) is 22.7 Å². The lowest BCUT2D eigenvalue weighted by atomic mass is 10.00. The summed E-state index contributed by atoms with van der Waals surface area (Å²) in [5, 5.41) is 18.0. The first-order valence-electron chi connectivity index (χ1n) is 6.63. The van der Waals surface area contributed by atoms with E-state index in [1.165, 1.54) is 0 Å². The van der Waals surface area contributed by atoms with Crippen LogP contribution < -0.4 is 10.6 Å². The number of benzene rings is 1. The lowest BCUT2D eigenvalue weighted by Crippen LogP contribution is -2.24. The normalized spacial score (nSPS) is 29.6. The number of amidine groups is 1. The molecule has 0 amide bonds. The number of aliphatic hydroxyl groups is 1. The zero-order chi connectivity index (χ0) is 13.6. The second-order valence-corrected chi connectivity index (χ2v) is 5.96. The van der Waals surface area contributed by atoms with Gasteiger partial charge in [0.1, 0.15) is 5.84 Å². The van der Waals surface area contributed by atoms with Crippen molar-refractivity contribution in [1.29, 1.82) is 5.41 Å². The SMILES string of the molecule is N=C(N)c1ccc(N2CC3CCC(O)C3C2)c(Cl)c1. The number of halogens is 1. The van der Waals surface area contributed by atoms with Gasteiger partial charge in [0.05, 0.1) is 16.8 Å². The van der Waals surface area contributed by atoms with E-state index in [0.717, 1.165) is 31.6 Å². The number of nitrogens with zero attached hydrogens (tertiary/aromatic N) is 1. The molecule has 0 aromatic heterocycles. The molecule has 1 aliphatic carbocycles. The van der Waals surface area contributed by atoms with Crippen molar-refractivity contribution < 1.29 is 5.11 Å². The molecule has 5 heteroatoms. The van der Waals surface area contributed by atoms with Gasteiger partial charge in [0.25, 0.3) is 0 Å². The van der Waals surface area contributed by atoms with Gasteiger partial charge in [-0.25, -0.2) is 0 Å². The smallest absolute Gasteiger partial charge is 0.122 e. The average Bonchev–Trinajstić information content (AvgIpc) is 2.92. The topological polar surface area (TPSA) is 73.3 Å². The third kappa shape index (κ3) is 2.19. The fourth-order valence-corrected chi connectivity index (χ4v) is 3.66. The van der Waals surface area contributed by atoms with Crippen LogP contribution in [0.3, 0.4) is 0 Å². The lowest BCUT2D eigenvalue weighted by molar-refractivity contribution is 0.133. The van der Waals surface area contributed by atoms with E-state index in [2.05, 4.69) is 4.90 Å². The molecule has 3 atom stereocenters. The third-order valence-corrected chi connectivity index (χ3v) is 4.72. The Morgan fingerprint density at radius 2 is 2.16 bits per heavy atom. The van der Waals surface area contributed by atoms with Crippen LogP contribution in [0.15, 0.2) is 18.2 Å². The first-order chi connectivity index (χ1) is 9.06. The Morgan fingerprint density at radius 1 is 1.37 bits per heavy atom. The maximum absolute atomic E-state index is 9.95. The standard InChI is InChI=1S/C14H18ClN3O/c15-11-5-8(14(16)17)1-3-12(11)18-6-9-2-4-13(19)10(9)7-18/h1,3,5,9-10,13,19H,2,4,6-7H2,(H3,16,17). The molecule has 2 fully saturated rings. The highest BCUT2D eigenvalue weighted by Crippen LogP contribution is 2.41. The van der Waals surface area contributed by atoms with Crippen molar-refractivity contribution in [3.05, 3.63) is 28.8 Å². The number of hydrogen-bond donors (Lipinski definition) is 3. The van der Waals surface area contributed by atoms with E-state index >= 15 is 0 Å². The van der Waals surface area contributed by atoms with E-state index in [1.54, 1.807) is 6.07 Å². The minimum Gasteiger partial charge on any atom is -0.393 e. The molecule has 2 aliphatic rings. The first-order valence-corrected chi connectivity index (χ1v) is 7.01. The average molecular weight is 280 g/mol. The second kappa shape index (κ2) is 4.69. The Labute approximate surface area is 117 Å². The van der Waals surface area contributed by atoms with Crippen LogP contribution in [0, 0.1) is 17.2 Å². The maximum Gasteiger partial charge on any atom is 0.122 e. The zero-order valence-electron chi connectivity index (χ0n) is 10.6. The molecule has 19 heavy (non-hydrogen) atoms. The predicted octanol–water partition coefficient (Wildman–Crippen LogP) is 1.83. The van der Waals surface area contributed by atoms with Gasteiger partial charge in [-0.3, -0.25) is 5.41 Å². The fourth-order valence-electron chi connectivity index (χ4n) is 3.36. The lowest BCUT2D eigenvalue weighted by Gasteiger charge is -2.22. The van der Waals surface area contributed by atoms with Gasteiger partial charge in [-0.15, -0.1) is 0 Å². The van der Waals surface area contributed by atoms with Crippen LogP contribution in [0.25, 0.3) is 0 Å². The summed E-state index contributed by atoms with van der Waals surface area (Å²) >= 11 is 6.29. The number of anilines is 1. The summed E-state index contributed by atoms with van der Waals surface area (Å²) in [4.78, 5) is 2.24. The molecule has 4 nitrogen and oxygen atoms in total. The molecule has 1 aliphatic heterocycles. The quantitative estimate of drug-likeness (QED) is 0.571. The summed E-state index contributed by atoms with van der Waals surface area (Å²) in [6.45, 7) is 1.83. The molecule has 102 valence electrons. The van der Waals surface area contributed by atoms with Gasteiger partial charge in [-0.1, -0.05) is 11.6 Å². The van der Waals surface area contributed by atoms with Crippen LogP contribution >= 0.6 is 11.6 Å². The van der Waals surface area contributed by atoms with Crippen molar-refractivity contribution in [2.45, 2.75) is 18.9 Å². The first kappa shape index (κ1) is 12.8. The van der Waals surface area contributed by atoms with Gasteiger partial charge in [0.2, 0.25) is 0 Å². The number of nitrogens with one attached hydrogen (secondary N) is 1. The molecule has 1 aromatic carbocycles. The van der Waals surface area contributed by atoms with Gasteiger partial charge in [0.15, 0.2) is 0 Å². The Balaban J connectivity index is 1.82. The molecule has 3 unspecified atom stereocenters. The Hall–Kier alpha value is -1.26. The number of aliphatic hydroxyl groups excluding tert-OH is 1. The Morgan fingerprint density at radius 3 is 2.79 bits per heavy atom. The minimum absolute atomic E-state index is 0.0298. The Bertz CT molecular complexity index is 519. The van der Waals surface area contributed by atoms with Gasteiger partial charge in [0, 0.05) is 24.6 Å². The van der Waals surface area contributed by atoms with Gasteiger partial charge in [-0.05, 0) is 37.0 Å². The van der Waals surface area contributed by atoms with E-state index in [9.17, 15) is 5.11 Å². The summed E-state index contributed by atoms with van der Waals surface area (Å²) in [6, 6.07) is 5.49. The molecule has 1 saturated carbocycles. The van der Waals surface area contributed by atoms with Crippen molar-refractivity contribution in [2.75, 3.05) is 18.0 Å². The van der Waals surface area contributed by atoms with Gasteiger partial charge >= 0.3 is 0 Å². The summed E-state index contributed by atoms with van der Waals surface area (Å²) in [7, 11) is 0. The third-order valence-electron chi connectivity index (χ3n) is 4.42. The van der Waals surface area contributed by atoms with Crippen molar-refractivity contribution >= 4 is 23.1 Å². The molecule has 1 aromatic rings. The predicted molar refractivity (Wildman–Crippen MR) is 76.9 cm³/mol. The van der Waals surface area contributed by atoms with E-state index < -0.39 is 0 Å². The summed E-state index contributed by atoms with van der Waals surface area (Å²) in [5.41, 5.74) is 7.08. The van der Waals surface area contributed by atoms with Crippen molar-refractivity contribution in [3.8, 4) is 0 Å². The molecule has 0 bridgehead atoms. The summed E-state index contributed by atoms with van der Waals surface area (Å²) in [6.07, 6.45) is 1.87. The van der Waals surface area contributed by atoms with Crippen LogP contribution in [0.5, 0.6) is 0 Å². The van der Waals surface area contributed by atoms with E-state index in [0.29, 0.717) is 22.4 Å². The van der Waals surface area contributed by atoms with Crippen molar-refractivity contribution in [2.24, 2.45) is 17.6 Å². The minimum atomic E-state index is -0.162. The van der Waals surface area contributed by atoms with Crippen molar-refractivity contribution in [1.82, 2.24) is 0 Å². The van der Waals surface area contributed by atoms with Gasteiger partial charge < -0.3 is 15.7 Å². The highest BCUT2D eigenvalue weighted by atomic mass is 35.5. The van der Waals surface area contributed by atoms with Crippen molar-refractivity contribution in [3.63, 3.8) is 0 Å². The Kier molecular flexibility index (Phi) is 3.15. The molecule has 0 radical (unpaired) electrons. The zero-order valence-corrected chi connectivity index (χ0v) is 11.4. The molecule has 1 heterocycles. The summed E-state index contributed by atoms with van der Waals surface area (Å²) in [5.74, 6) is 0.990.